The Morgan fingerprint density at radius 1 is 1.31 bits per heavy atom. The van der Waals surface area contributed by atoms with E-state index in [0.717, 1.165) is 59.2 Å². The van der Waals surface area contributed by atoms with E-state index in [1.54, 1.807) is 7.11 Å². The van der Waals surface area contributed by atoms with Crippen molar-refractivity contribution < 1.29 is 4.74 Å². The molecule has 0 spiro atoms. The number of allylic oxidation sites excluding steroid dienone is 4. The zero-order valence-electron chi connectivity index (χ0n) is 20.8. The highest BCUT2D eigenvalue weighted by atomic mass is 16.5. The minimum atomic E-state index is 0.245. The van der Waals surface area contributed by atoms with Gasteiger partial charge < -0.3 is 14.6 Å². The van der Waals surface area contributed by atoms with Gasteiger partial charge in [-0.25, -0.2) is 4.99 Å². The summed E-state index contributed by atoms with van der Waals surface area (Å²) in [5.74, 6) is 2.70. The average molecular weight is 436 g/mol. The molecule has 1 aliphatic carbocycles. The van der Waals surface area contributed by atoms with E-state index >= 15 is 0 Å². The molecule has 3 rings (SSSR count). The predicted molar refractivity (Wildman–Crippen MR) is 134 cm³/mol. The Balaban J connectivity index is 2.12. The van der Waals surface area contributed by atoms with Gasteiger partial charge in [0.05, 0.1) is 24.7 Å². The first-order valence-corrected chi connectivity index (χ1v) is 11.4. The smallest absolute Gasteiger partial charge is 0.142 e. The Bertz CT molecular complexity index is 1090. The number of amidine groups is 1. The van der Waals surface area contributed by atoms with Crippen molar-refractivity contribution in [2.24, 2.45) is 12.0 Å². The van der Waals surface area contributed by atoms with Gasteiger partial charge in [-0.05, 0) is 66.0 Å². The summed E-state index contributed by atoms with van der Waals surface area (Å²) in [6.07, 6.45) is 11.3. The topological polar surface area (TPSA) is 56.4 Å². The fourth-order valence-corrected chi connectivity index (χ4v) is 3.97. The second-order valence-electron chi connectivity index (χ2n) is 8.88. The molecule has 6 nitrogen and oxygen atoms in total. The van der Waals surface area contributed by atoms with E-state index in [1.807, 2.05) is 24.9 Å². The molecule has 1 aliphatic rings. The summed E-state index contributed by atoms with van der Waals surface area (Å²) in [4.78, 5) is 5.09. The van der Waals surface area contributed by atoms with Crippen molar-refractivity contribution in [3.05, 3.63) is 52.7 Å². The number of rotatable bonds is 7. The number of hydrogen-bond acceptors (Lipinski definition) is 3. The number of methoxy groups -OCH3 is 1. The second kappa shape index (κ2) is 10.1. The van der Waals surface area contributed by atoms with E-state index in [2.05, 4.69) is 74.0 Å². The van der Waals surface area contributed by atoms with E-state index in [4.69, 9.17) is 9.73 Å². The summed E-state index contributed by atoms with van der Waals surface area (Å²) in [7, 11) is 3.67. The van der Waals surface area contributed by atoms with E-state index in [-0.39, 0.29) is 6.04 Å². The normalized spacial score (nSPS) is 15.5. The molecule has 172 valence electrons. The maximum atomic E-state index is 5.60. The van der Waals surface area contributed by atoms with Crippen molar-refractivity contribution in [1.29, 1.82) is 0 Å². The number of hydrogen-bond donors (Lipinski definition) is 1. The summed E-state index contributed by atoms with van der Waals surface area (Å²) in [5.41, 5.74) is 7.08. The molecular formula is C26H37N5O. The zero-order valence-corrected chi connectivity index (χ0v) is 20.8. The molecule has 0 aliphatic heterocycles. The molecule has 0 aromatic carbocycles. The number of aryl methyl sites for hydroxylation is 1. The molecule has 6 heteroatoms. The molecule has 0 saturated heterocycles. The van der Waals surface area contributed by atoms with Gasteiger partial charge in [-0.1, -0.05) is 24.1 Å². The van der Waals surface area contributed by atoms with Gasteiger partial charge in [-0.2, -0.15) is 5.10 Å². The van der Waals surface area contributed by atoms with Crippen molar-refractivity contribution in [2.45, 2.75) is 66.8 Å². The Labute approximate surface area is 192 Å². The lowest BCUT2D eigenvalue weighted by Crippen LogP contribution is -2.23. The first kappa shape index (κ1) is 23.6. The minimum Gasteiger partial charge on any atom is -0.495 e. The second-order valence-corrected chi connectivity index (χ2v) is 8.88. The third-order valence-corrected chi connectivity index (χ3v) is 5.78. The fourth-order valence-electron chi connectivity index (χ4n) is 3.97. The molecule has 0 fully saturated rings. The minimum absolute atomic E-state index is 0.245. The lowest BCUT2D eigenvalue weighted by atomic mass is 10.0. The summed E-state index contributed by atoms with van der Waals surface area (Å²) < 4.78 is 9.74. The van der Waals surface area contributed by atoms with Gasteiger partial charge in [0.2, 0.25) is 0 Å². The zero-order chi connectivity index (χ0) is 23.4. The van der Waals surface area contributed by atoms with Gasteiger partial charge in [-0.3, -0.25) is 4.68 Å². The SMILES string of the molecule is CCC(C)=Cc1cc(-c2cnn(C)c2)n(C(C)C)c1/N=C(\C)NC1=C(OC)C=C(C)CC1. The Morgan fingerprint density at radius 3 is 2.66 bits per heavy atom. The van der Waals surface area contributed by atoms with E-state index in [1.165, 1.54) is 11.1 Å². The lowest BCUT2D eigenvalue weighted by Gasteiger charge is -2.20. The molecule has 0 amide bonds. The van der Waals surface area contributed by atoms with Crippen LogP contribution >= 0.6 is 0 Å². The Morgan fingerprint density at radius 2 is 2.06 bits per heavy atom. The van der Waals surface area contributed by atoms with Crippen molar-refractivity contribution in [1.82, 2.24) is 19.7 Å². The summed E-state index contributed by atoms with van der Waals surface area (Å²) in [5, 5.41) is 7.90. The summed E-state index contributed by atoms with van der Waals surface area (Å²) in [6.45, 7) is 12.9. The molecular weight excluding hydrogens is 398 g/mol. The van der Waals surface area contributed by atoms with Gasteiger partial charge in [0.25, 0.3) is 0 Å². The first-order valence-electron chi connectivity index (χ1n) is 11.4. The third-order valence-electron chi connectivity index (χ3n) is 5.78. The van der Waals surface area contributed by atoms with Crippen LogP contribution in [0.5, 0.6) is 0 Å². The van der Waals surface area contributed by atoms with Gasteiger partial charge in [0, 0.05) is 30.4 Å². The van der Waals surface area contributed by atoms with Crippen LogP contribution in [0, 0.1) is 0 Å². The maximum Gasteiger partial charge on any atom is 0.142 e. The molecule has 1 N–H and O–H groups in total. The average Bonchev–Trinajstić information content (AvgIpc) is 3.32. The van der Waals surface area contributed by atoms with E-state index in [9.17, 15) is 0 Å². The molecule has 2 heterocycles. The van der Waals surface area contributed by atoms with Crippen LogP contribution in [0.25, 0.3) is 17.3 Å². The van der Waals surface area contributed by atoms with Crippen LogP contribution < -0.4 is 5.32 Å². The number of aromatic nitrogens is 3. The molecule has 0 unspecified atom stereocenters. The van der Waals surface area contributed by atoms with Crippen molar-refractivity contribution in [3.8, 4) is 11.3 Å². The van der Waals surface area contributed by atoms with E-state index < -0.39 is 0 Å². The third kappa shape index (κ3) is 5.23. The van der Waals surface area contributed by atoms with Crippen molar-refractivity contribution in [3.63, 3.8) is 0 Å². The van der Waals surface area contributed by atoms with Crippen LogP contribution in [0.2, 0.25) is 0 Å². The van der Waals surface area contributed by atoms with Crippen LogP contribution in [-0.4, -0.2) is 27.3 Å². The number of nitrogens with zero attached hydrogens (tertiary/aromatic N) is 4. The Kier molecular flexibility index (Phi) is 7.44. The van der Waals surface area contributed by atoms with Crippen LogP contribution in [0.3, 0.4) is 0 Å². The number of ether oxygens (including phenoxy) is 1. The highest BCUT2D eigenvalue weighted by molar-refractivity contribution is 5.86. The molecule has 2 aromatic rings. The molecule has 0 atom stereocenters. The van der Waals surface area contributed by atoms with Gasteiger partial charge in [-0.15, -0.1) is 0 Å². The molecule has 32 heavy (non-hydrogen) atoms. The lowest BCUT2D eigenvalue weighted by molar-refractivity contribution is 0.296. The monoisotopic (exact) mass is 435 g/mol. The van der Waals surface area contributed by atoms with E-state index in [0.29, 0.717) is 0 Å². The van der Waals surface area contributed by atoms with Gasteiger partial charge in [0.1, 0.15) is 17.4 Å². The molecule has 0 saturated carbocycles. The highest BCUT2D eigenvalue weighted by Gasteiger charge is 2.19. The fraction of sp³-hybridized carbons (Fsp3) is 0.462. The van der Waals surface area contributed by atoms with Crippen LogP contribution in [0.4, 0.5) is 5.82 Å². The van der Waals surface area contributed by atoms with Crippen molar-refractivity contribution >= 4 is 17.7 Å². The standard InChI is InChI=1S/C26H37N5O/c1-9-18(4)12-21-14-24(22-15-27-30(7)16-22)31(17(2)3)26(21)29-20(6)28-23-11-10-19(5)13-25(23)32-8/h12-17H,9-11H2,1-8H3,(H,28,29). The highest BCUT2D eigenvalue weighted by Crippen LogP contribution is 2.36. The maximum absolute atomic E-state index is 5.60. The molecule has 0 radical (unpaired) electrons. The number of nitrogens with one attached hydrogen (secondary N) is 1. The van der Waals surface area contributed by atoms with Crippen LogP contribution in [0.15, 0.2) is 52.1 Å². The van der Waals surface area contributed by atoms with Crippen LogP contribution in [0.1, 0.15) is 72.4 Å². The summed E-state index contributed by atoms with van der Waals surface area (Å²) >= 11 is 0. The predicted octanol–water partition coefficient (Wildman–Crippen LogP) is 6.52. The van der Waals surface area contributed by atoms with Crippen LogP contribution in [-0.2, 0) is 11.8 Å². The summed E-state index contributed by atoms with van der Waals surface area (Å²) in [6, 6.07) is 2.48. The largest absolute Gasteiger partial charge is 0.495 e. The Hall–Kier alpha value is -3.02. The van der Waals surface area contributed by atoms with Gasteiger partial charge in [0.15, 0.2) is 0 Å². The molecule has 2 aromatic heterocycles. The number of aliphatic imine (C=N–C) groups is 1. The first-order chi connectivity index (χ1) is 15.2. The van der Waals surface area contributed by atoms with Crippen molar-refractivity contribution in [2.75, 3.05) is 7.11 Å². The van der Waals surface area contributed by atoms with Gasteiger partial charge >= 0.3 is 0 Å². The molecule has 0 bridgehead atoms. The quantitative estimate of drug-likeness (QED) is 0.398.